The lowest BCUT2D eigenvalue weighted by molar-refractivity contribution is -0.116. The maximum absolute atomic E-state index is 11.7. The van der Waals surface area contributed by atoms with E-state index in [4.69, 9.17) is 5.73 Å². The van der Waals surface area contributed by atoms with Gasteiger partial charge in [-0.3, -0.25) is 4.79 Å². The normalized spacial score (nSPS) is 14.5. The average Bonchev–Trinajstić information content (AvgIpc) is 2.75. The van der Waals surface area contributed by atoms with Crippen molar-refractivity contribution in [3.8, 4) is 0 Å². The summed E-state index contributed by atoms with van der Waals surface area (Å²) in [6.45, 7) is 1.65. The highest BCUT2D eigenvalue weighted by molar-refractivity contribution is 5.94. The van der Waals surface area contributed by atoms with Gasteiger partial charge in [0.15, 0.2) is 0 Å². The van der Waals surface area contributed by atoms with Crippen molar-refractivity contribution < 1.29 is 9.59 Å². The van der Waals surface area contributed by atoms with E-state index in [-0.39, 0.29) is 18.5 Å². The van der Waals surface area contributed by atoms with Gasteiger partial charge in [0.05, 0.1) is 0 Å². The molecule has 3 amide bonds. The fraction of sp³-hybridized carbons (Fsp3) is 0.333. The highest BCUT2D eigenvalue weighted by atomic mass is 16.2. The van der Waals surface area contributed by atoms with Crippen LogP contribution >= 0.6 is 0 Å². The summed E-state index contributed by atoms with van der Waals surface area (Å²) in [5.74, 6) is -0.207. The van der Waals surface area contributed by atoms with Crippen molar-refractivity contribution in [1.29, 1.82) is 0 Å². The molecule has 2 rings (SSSR count). The molecule has 0 radical (unpaired) electrons. The Bertz CT molecular complexity index is 461. The standard InChI is InChI=1S/C12H16N4O2/c13-7-9-2-1-3-10(6-9)15-11(17)8-16-5-4-14-12(16)18/h1-3,6H,4-5,7-8,13H2,(H,14,18)(H,15,17). The Balaban J connectivity index is 1.92. The van der Waals surface area contributed by atoms with E-state index in [9.17, 15) is 9.59 Å². The van der Waals surface area contributed by atoms with Gasteiger partial charge in [-0.25, -0.2) is 4.79 Å². The molecule has 1 aromatic carbocycles. The summed E-state index contributed by atoms with van der Waals surface area (Å²) in [6, 6.07) is 7.15. The fourth-order valence-corrected chi connectivity index (χ4v) is 1.81. The van der Waals surface area contributed by atoms with E-state index in [2.05, 4.69) is 10.6 Å². The number of benzene rings is 1. The molecule has 1 aliphatic heterocycles. The van der Waals surface area contributed by atoms with E-state index in [0.29, 0.717) is 25.3 Å². The summed E-state index contributed by atoms with van der Waals surface area (Å²) < 4.78 is 0. The van der Waals surface area contributed by atoms with Crippen LogP contribution in [0.2, 0.25) is 0 Å². The molecule has 0 bridgehead atoms. The number of anilines is 1. The number of rotatable bonds is 4. The van der Waals surface area contributed by atoms with E-state index in [1.54, 1.807) is 6.07 Å². The van der Waals surface area contributed by atoms with Gasteiger partial charge in [0, 0.05) is 25.3 Å². The SMILES string of the molecule is NCc1cccc(NC(=O)CN2CCNC2=O)c1. The third-order valence-corrected chi connectivity index (χ3v) is 2.73. The van der Waals surface area contributed by atoms with Gasteiger partial charge in [0.25, 0.3) is 0 Å². The van der Waals surface area contributed by atoms with Crippen LogP contribution in [0.1, 0.15) is 5.56 Å². The predicted octanol–water partition coefficient (Wildman–Crippen LogP) is 0.109. The maximum Gasteiger partial charge on any atom is 0.317 e. The molecule has 0 spiro atoms. The Labute approximate surface area is 105 Å². The fourth-order valence-electron chi connectivity index (χ4n) is 1.81. The minimum Gasteiger partial charge on any atom is -0.336 e. The third kappa shape index (κ3) is 2.98. The first-order chi connectivity index (χ1) is 8.69. The van der Waals surface area contributed by atoms with Crippen molar-refractivity contribution in [2.75, 3.05) is 25.0 Å². The molecular weight excluding hydrogens is 232 g/mol. The van der Waals surface area contributed by atoms with E-state index < -0.39 is 0 Å². The molecule has 0 saturated carbocycles. The first kappa shape index (κ1) is 12.4. The highest BCUT2D eigenvalue weighted by Gasteiger charge is 2.21. The van der Waals surface area contributed by atoms with E-state index in [1.807, 2.05) is 18.2 Å². The Morgan fingerprint density at radius 3 is 3.00 bits per heavy atom. The number of nitrogens with zero attached hydrogens (tertiary/aromatic N) is 1. The van der Waals surface area contributed by atoms with Crippen LogP contribution in [0, 0.1) is 0 Å². The third-order valence-electron chi connectivity index (χ3n) is 2.73. The van der Waals surface area contributed by atoms with E-state index in [1.165, 1.54) is 4.90 Å². The molecule has 6 nitrogen and oxygen atoms in total. The van der Waals surface area contributed by atoms with Gasteiger partial charge in [-0.05, 0) is 17.7 Å². The minimum absolute atomic E-state index is 0.0681. The van der Waals surface area contributed by atoms with Gasteiger partial charge < -0.3 is 21.3 Å². The Hall–Kier alpha value is -2.08. The van der Waals surface area contributed by atoms with Gasteiger partial charge >= 0.3 is 6.03 Å². The highest BCUT2D eigenvalue weighted by Crippen LogP contribution is 2.10. The van der Waals surface area contributed by atoms with Gasteiger partial charge in [-0.2, -0.15) is 0 Å². The Morgan fingerprint density at radius 1 is 1.50 bits per heavy atom. The van der Waals surface area contributed by atoms with Crippen molar-refractivity contribution in [3.63, 3.8) is 0 Å². The van der Waals surface area contributed by atoms with Crippen LogP contribution in [0.3, 0.4) is 0 Å². The quantitative estimate of drug-likeness (QED) is 0.706. The van der Waals surface area contributed by atoms with Crippen molar-refractivity contribution in [2.45, 2.75) is 6.54 Å². The molecular formula is C12H16N4O2. The number of carbonyl (C=O) groups is 2. The number of carbonyl (C=O) groups excluding carboxylic acids is 2. The first-order valence-corrected chi connectivity index (χ1v) is 5.80. The molecule has 1 fully saturated rings. The monoisotopic (exact) mass is 248 g/mol. The molecule has 0 unspecified atom stereocenters. The zero-order chi connectivity index (χ0) is 13.0. The summed E-state index contributed by atoms with van der Waals surface area (Å²) in [4.78, 5) is 24.5. The van der Waals surface area contributed by atoms with Crippen LogP contribution in [0.15, 0.2) is 24.3 Å². The number of urea groups is 1. The molecule has 6 heteroatoms. The molecule has 4 N–H and O–H groups in total. The van der Waals surface area contributed by atoms with E-state index in [0.717, 1.165) is 5.56 Å². The topological polar surface area (TPSA) is 87.5 Å². The molecule has 0 atom stereocenters. The zero-order valence-electron chi connectivity index (χ0n) is 9.98. The van der Waals surface area contributed by atoms with Crippen LogP contribution in [-0.2, 0) is 11.3 Å². The summed E-state index contributed by atoms with van der Waals surface area (Å²) in [5, 5.41) is 5.40. The van der Waals surface area contributed by atoms with Gasteiger partial charge in [-0.15, -0.1) is 0 Å². The summed E-state index contributed by atoms with van der Waals surface area (Å²) in [7, 11) is 0. The first-order valence-electron chi connectivity index (χ1n) is 5.80. The number of nitrogens with one attached hydrogen (secondary N) is 2. The second kappa shape index (κ2) is 5.50. The average molecular weight is 248 g/mol. The Morgan fingerprint density at radius 2 is 2.33 bits per heavy atom. The maximum atomic E-state index is 11.7. The van der Waals surface area contributed by atoms with Crippen LogP contribution in [0.25, 0.3) is 0 Å². The van der Waals surface area contributed by atoms with Gasteiger partial charge in [0.1, 0.15) is 6.54 Å². The lowest BCUT2D eigenvalue weighted by Gasteiger charge is -2.13. The lowest BCUT2D eigenvalue weighted by atomic mass is 10.2. The summed E-state index contributed by atoms with van der Waals surface area (Å²) >= 11 is 0. The van der Waals surface area contributed by atoms with Crippen molar-refractivity contribution >= 4 is 17.6 Å². The molecule has 1 heterocycles. The number of hydrogen-bond donors (Lipinski definition) is 3. The van der Waals surface area contributed by atoms with Gasteiger partial charge in [-0.1, -0.05) is 12.1 Å². The molecule has 0 aliphatic carbocycles. The second-order valence-corrected chi connectivity index (χ2v) is 4.11. The number of amides is 3. The molecule has 1 saturated heterocycles. The number of hydrogen-bond acceptors (Lipinski definition) is 3. The Kier molecular flexibility index (Phi) is 3.78. The van der Waals surface area contributed by atoms with Crippen molar-refractivity contribution in [1.82, 2.24) is 10.2 Å². The van der Waals surface area contributed by atoms with Crippen LogP contribution in [-0.4, -0.2) is 36.5 Å². The van der Waals surface area contributed by atoms with Crippen LogP contribution in [0.5, 0.6) is 0 Å². The molecule has 96 valence electrons. The van der Waals surface area contributed by atoms with Crippen molar-refractivity contribution in [2.24, 2.45) is 5.73 Å². The molecule has 1 aromatic rings. The number of nitrogens with two attached hydrogens (primary N) is 1. The van der Waals surface area contributed by atoms with Crippen LogP contribution in [0.4, 0.5) is 10.5 Å². The molecule has 18 heavy (non-hydrogen) atoms. The summed E-state index contributed by atoms with van der Waals surface area (Å²) in [6.07, 6.45) is 0. The molecule has 1 aliphatic rings. The van der Waals surface area contributed by atoms with Crippen LogP contribution < -0.4 is 16.4 Å². The molecule has 0 aromatic heterocycles. The lowest BCUT2D eigenvalue weighted by Crippen LogP contribution is -2.35. The largest absolute Gasteiger partial charge is 0.336 e. The van der Waals surface area contributed by atoms with Crippen molar-refractivity contribution in [3.05, 3.63) is 29.8 Å². The summed E-state index contributed by atoms with van der Waals surface area (Å²) in [5.41, 5.74) is 7.17. The smallest absolute Gasteiger partial charge is 0.317 e. The van der Waals surface area contributed by atoms with E-state index >= 15 is 0 Å². The predicted molar refractivity (Wildman–Crippen MR) is 67.9 cm³/mol. The van der Waals surface area contributed by atoms with Gasteiger partial charge in [0.2, 0.25) is 5.91 Å². The minimum atomic E-state index is -0.207. The zero-order valence-corrected chi connectivity index (χ0v) is 9.98. The second-order valence-electron chi connectivity index (χ2n) is 4.11.